The predicted molar refractivity (Wildman–Crippen MR) is 122 cm³/mol. The Balaban J connectivity index is 1.40. The molecule has 1 N–H and O–H groups in total. The van der Waals surface area contributed by atoms with Crippen molar-refractivity contribution < 1.29 is 13.9 Å². The monoisotopic (exact) mass is 437 g/mol. The lowest BCUT2D eigenvalue weighted by Gasteiger charge is -2.48. The molecule has 0 saturated carbocycles. The smallest absolute Gasteiger partial charge is 0.252 e. The molecular weight excluding hydrogens is 405 g/mol. The van der Waals surface area contributed by atoms with Crippen molar-refractivity contribution in [3.63, 3.8) is 0 Å². The van der Waals surface area contributed by atoms with Crippen LogP contribution in [0.2, 0.25) is 0 Å². The Morgan fingerprint density at radius 3 is 2.69 bits per heavy atom. The fraction of sp³-hybridized carbons (Fsp3) is 0.500. The van der Waals surface area contributed by atoms with Gasteiger partial charge in [-0.3, -0.25) is 9.69 Å². The van der Waals surface area contributed by atoms with Gasteiger partial charge in [0.15, 0.2) is 0 Å². The number of carbonyl (C=O) groups is 1. The Kier molecular flexibility index (Phi) is 6.01. The first-order valence-electron chi connectivity index (χ1n) is 11.8. The van der Waals surface area contributed by atoms with Crippen LogP contribution in [0.3, 0.4) is 0 Å². The second-order valence-corrected chi connectivity index (χ2v) is 9.45. The zero-order valence-corrected chi connectivity index (χ0v) is 18.8. The maximum atomic E-state index is 13.8. The van der Waals surface area contributed by atoms with Crippen LogP contribution in [-0.4, -0.2) is 66.2 Å². The summed E-state index contributed by atoms with van der Waals surface area (Å²) >= 11 is 0. The maximum absolute atomic E-state index is 13.8. The SMILES string of the molecule is CC(C)N1CCN[C@H]2C[C@H](C(=O)N3CCc4ccccc4[C@@H]3c3ccc(F)cc3)OC[C@@H]21. The van der Waals surface area contributed by atoms with Crippen LogP contribution in [0.25, 0.3) is 0 Å². The summed E-state index contributed by atoms with van der Waals surface area (Å²) in [5.41, 5.74) is 3.30. The zero-order chi connectivity index (χ0) is 22.2. The topological polar surface area (TPSA) is 44.8 Å². The van der Waals surface area contributed by atoms with E-state index >= 15 is 0 Å². The van der Waals surface area contributed by atoms with Crippen molar-refractivity contribution >= 4 is 5.91 Å². The number of hydrogen-bond donors (Lipinski definition) is 1. The summed E-state index contributed by atoms with van der Waals surface area (Å²) in [5.74, 6) is -0.230. The van der Waals surface area contributed by atoms with Crippen LogP contribution in [0.1, 0.15) is 43.0 Å². The molecule has 2 aromatic rings. The number of amides is 1. The van der Waals surface area contributed by atoms with Gasteiger partial charge < -0.3 is 15.0 Å². The van der Waals surface area contributed by atoms with E-state index < -0.39 is 6.10 Å². The number of halogens is 1. The Morgan fingerprint density at radius 1 is 1.12 bits per heavy atom. The van der Waals surface area contributed by atoms with Crippen LogP contribution in [0, 0.1) is 5.82 Å². The fourth-order valence-electron chi connectivity index (χ4n) is 5.68. The maximum Gasteiger partial charge on any atom is 0.252 e. The molecule has 5 nitrogen and oxygen atoms in total. The number of rotatable bonds is 3. The number of ether oxygens (including phenoxy) is 1. The first-order valence-corrected chi connectivity index (χ1v) is 11.8. The van der Waals surface area contributed by atoms with Crippen molar-refractivity contribution in [1.82, 2.24) is 15.1 Å². The summed E-state index contributed by atoms with van der Waals surface area (Å²) in [6.07, 6.45) is 1.04. The lowest BCUT2D eigenvalue weighted by atomic mass is 9.87. The largest absolute Gasteiger partial charge is 0.367 e. The van der Waals surface area contributed by atoms with Gasteiger partial charge in [0, 0.05) is 37.8 Å². The molecule has 0 unspecified atom stereocenters. The number of piperazine rings is 1. The van der Waals surface area contributed by atoms with Crippen molar-refractivity contribution in [1.29, 1.82) is 0 Å². The molecule has 6 heteroatoms. The van der Waals surface area contributed by atoms with Crippen LogP contribution in [0.5, 0.6) is 0 Å². The highest BCUT2D eigenvalue weighted by atomic mass is 19.1. The van der Waals surface area contributed by atoms with Gasteiger partial charge >= 0.3 is 0 Å². The molecule has 3 aliphatic rings. The predicted octanol–water partition coefficient (Wildman–Crippen LogP) is 3.14. The van der Waals surface area contributed by atoms with Gasteiger partial charge in [0.05, 0.1) is 12.6 Å². The Labute approximate surface area is 189 Å². The normalized spacial score (nSPS) is 28.3. The van der Waals surface area contributed by atoms with E-state index in [1.54, 1.807) is 12.1 Å². The molecule has 0 spiro atoms. The highest BCUT2D eigenvalue weighted by Gasteiger charge is 2.43. The first-order chi connectivity index (χ1) is 15.5. The van der Waals surface area contributed by atoms with Crippen LogP contribution in [0.15, 0.2) is 48.5 Å². The quantitative estimate of drug-likeness (QED) is 0.802. The van der Waals surface area contributed by atoms with E-state index in [2.05, 4.69) is 36.2 Å². The third-order valence-corrected chi connectivity index (χ3v) is 7.29. The fourth-order valence-corrected chi connectivity index (χ4v) is 5.68. The van der Waals surface area contributed by atoms with Crippen molar-refractivity contribution in [2.24, 2.45) is 0 Å². The minimum atomic E-state index is -0.455. The number of nitrogens with one attached hydrogen (secondary N) is 1. The van der Waals surface area contributed by atoms with Crippen LogP contribution >= 0.6 is 0 Å². The van der Waals surface area contributed by atoms with Crippen LogP contribution in [0.4, 0.5) is 4.39 Å². The summed E-state index contributed by atoms with van der Waals surface area (Å²) in [6, 6.07) is 15.6. The summed E-state index contributed by atoms with van der Waals surface area (Å²) in [6.45, 7) is 7.59. The number of nitrogens with zero attached hydrogens (tertiary/aromatic N) is 2. The van der Waals surface area contributed by atoms with Gasteiger partial charge in [0.1, 0.15) is 11.9 Å². The molecule has 0 aliphatic carbocycles. The van der Waals surface area contributed by atoms with Crippen molar-refractivity contribution in [3.05, 3.63) is 71.0 Å². The first kappa shape index (κ1) is 21.6. The van der Waals surface area contributed by atoms with Crippen molar-refractivity contribution in [2.45, 2.75) is 57.0 Å². The minimum absolute atomic E-state index is 0.0377. The molecule has 0 bridgehead atoms. The van der Waals surface area contributed by atoms with E-state index in [1.807, 2.05) is 17.0 Å². The molecule has 0 aromatic heterocycles. The van der Waals surface area contributed by atoms with E-state index in [0.717, 1.165) is 30.6 Å². The molecule has 4 atom stereocenters. The van der Waals surface area contributed by atoms with Crippen molar-refractivity contribution in [2.75, 3.05) is 26.2 Å². The second-order valence-electron chi connectivity index (χ2n) is 9.45. The summed E-state index contributed by atoms with van der Waals surface area (Å²) in [7, 11) is 0. The molecule has 2 fully saturated rings. The van der Waals surface area contributed by atoms with Crippen LogP contribution < -0.4 is 5.32 Å². The Hall–Kier alpha value is -2.28. The lowest BCUT2D eigenvalue weighted by Crippen LogP contribution is -2.65. The number of carbonyl (C=O) groups excluding carboxylic acids is 1. The molecule has 3 aliphatic heterocycles. The molecule has 3 heterocycles. The van der Waals surface area contributed by atoms with Gasteiger partial charge in [-0.15, -0.1) is 0 Å². The minimum Gasteiger partial charge on any atom is -0.367 e. The van der Waals surface area contributed by atoms with Crippen LogP contribution in [-0.2, 0) is 16.0 Å². The third-order valence-electron chi connectivity index (χ3n) is 7.29. The van der Waals surface area contributed by atoms with Crippen molar-refractivity contribution in [3.8, 4) is 0 Å². The summed E-state index contributed by atoms with van der Waals surface area (Å²) in [5, 5.41) is 3.62. The molecular formula is C26H32FN3O2. The molecule has 1 amide bonds. The molecule has 0 radical (unpaired) electrons. The molecule has 5 rings (SSSR count). The molecule has 170 valence electrons. The van der Waals surface area contributed by atoms with E-state index in [9.17, 15) is 9.18 Å². The standard InChI is InChI=1S/C26H32FN3O2/c1-17(2)29-14-12-28-22-15-24(32-16-23(22)29)26(31)30-13-11-18-5-3-4-6-21(18)25(30)19-7-9-20(27)10-8-19/h3-10,17,22-25,28H,11-16H2,1-2H3/t22-,23-,24+,25-/m0/s1. The highest BCUT2D eigenvalue weighted by molar-refractivity contribution is 5.82. The van der Waals surface area contributed by atoms with Gasteiger partial charge in [0.25, 0.3) is 5.91 Å². The average molecular weight is 438 g/mol. The Morgan fingerprint density at radius 2 is 1.91 bits per heavy atom. The summed E-state index contributed by atoms with van der Waals surface area (Å²) in [4.78, 5) is 18.2. The van der Waals surface area contributed by atoms with E-state index in [1.165, 1.54) is 17.7 Å². The van der Waals surface area contributed by atoms with Gasteiger partial charge in [-0.2, -0.15) is 0 Å². The van der Waals surface area contributed by atoms with Gasteiger partial charge in [-0.25, -0.2) is 4.39 Å². The van der Waals surface area contributed by atoms with E-state index in [0.29, 0.717) is 31.7 Å². The Bertz CT molecular complexity index is 964. The van der Waals surface area contributed by atoms with Gasteiger partial charge in [0.2, 0.25) is 0 Å². The number of benzene rings is 2. The summed E-state index contributed by atoms with van der Waals surface area (Å²) < 4.78 is 19.8. The molecule has 2 aromatic carbocycles. The lowest BCUT2D eigenvalue weighted by molar-refractivity contribution is -0.155. The zero-order valence-electron chi connectivity index (χ0n) is 18.8. The average Bonchev–Trinajstić information content (AvgIpc) is 2.82. The molecule has 2 saturated heterocycles. The third kappa shape index (κ3) is 3.96. The van der Waals surface area contributed by atoms with Gasteiger partial charge in [-0.05, 0) is 55.5 Å². The number of hydrogen-bond acceptors (Lipinski definition) is 4. The highest BCUT2D eigenvalue weighted by Crippen LogP contribution is 2.36. The van der Waals surface area contributed by atoms with E-state index in [4.69, 9.17) is 4.74 Å². The second kappa shape index (κ2) is 8.93. The number of fused-ring (bicyclic) bond motifs is 2. The molecule has 32 heavy (non-hydrogen) atoms. The van der Waals surface area contributed by atoms with Gasteiger partial charge in [-0.1, -0.05) is 36.4 Å². The van der Waals surface area contributed by atoms with E-state index in [-0.39, 0.29) is 23.8 Å².